The van der Waals surface area contributed by atoms with Crippen LogP contribution in [0.2, 0.25) is 0 Å². The summed E-state index contributed by atoms with van der Waals surface area (Å²) in [7, 11) is -2.41. The molecule has 2 saturated heterocycles. The number of rotatable bonds is 5. The molecule has 8 nitrogen and oxygen atoms in total. The maximum atomic E-state index is 12.9. The van der Waals surface area contributed by atoms with Gasteiger partial charge in [-0.3, -0.25) is 14.3 Å². The molecule has 2 amide bonds. The van der Waals surface area contributed by atoms with E-state index in [4.69, 9.17) is 4.74 Å². The summed E-state index contributed by atoms with van der Waals surface area (Å²) >= 11 is 0. The van der Waals surface area contributed by atoms with E-state index in [-0.39, 0.29) is 28.5 Å². The number of anilines is 2. The SMILES string of the molecule is COc1ccccc1NS(=O)(=O)c1ccc(N2C(=O)C3C4C=CN(C4)C3C2=O)cc1. The van der Waals surface area contributed by atoms with Crippen LogP contribution in [0.1, 0.15) is 0 Å². The lowest BCUT2D eigenvalue weighted by Crippen LogP contribution is -2.37. The number of nitrogens with one attached hydrogen (secondary N) is 1. The second-order valence-corrected chi connectivity index (χ2v) is 9.17. The van der Waals surface area contributed by atoms with Crippen molar-refractivity contribution in [3.8, 4) is 5.75 Å². The van der Waals surface area contributed by atoms with Crippen LogP contribution < -0.4 is 14.4 Å². The molecule has 3 aliphatic heterocycles. The van der Waals surface area contributed by atoms with E-state index in [2.05, 4.69) is 4.72 Å². The van der Waals surface area contributed by atoms with E-state index < -0.39 is 16.1 Å². The molecule has 3 heterocycles. The Balaban J connectivity index is 1.40. The van der Waals surface area contributed by atoms with Crippen molar-refractivity contribution in [2.24, 2.45) is 11.8 Å². The first-order valence-electron chi connectivity index (χ1n) is 9.48. The van der Waals surface area contributed by atoms with Gasteiger partial charge in [0.05, 0.1) is 29.3 Å². The van der Waals surface area contributed by atoms with Crippen molar-refractivity contribution in [2.45, 2.75) is 10.9 Å². The van der Waals surface area contributed by atoms with Crippen molar-refractivity contribution in [3.05, 3.63) is 60.8 Å². The van der Waals surface area contributed by atoms with Crippen molar-refractivity contribution in [1.82, 2.24) is 4.90 Å². The van der Waals surface area contributed by atoms with Crippen LogP contribution in [0.5, 0.6) is 5.75 Å². The van der Waals surface area contributed by atoms with Gasteiger partial charge in [-0.15, -0.1) is 0 Å². The van der Waals surface area contributed by atoms with Gasteiger partial charge >= 0.3 is 0 Å². The van der Waals surface area contributed by atoms with Gasteiger partial charge in [0, 0.05) is 12.5 Å². The van der Waals surface area contributed by atoms with Gasteiger partial charge < -0.3 is 9.64 Å². The Labute approximate surface area is 173 Å². The first-order valence-corrected chi connectivity index (χ1v) is 11.0. The van der Waals surface area contributed by atoms with Crippen LogP contribution in [0.25, 0.3) is 0 Å². The highest BCUT2D eigenvalue weighted by Crippen LogP contribution is 2.43. The maximum absolute atomic E-state index is 12.9. The fraction of sp³-hybridized carbons (Fsp3) is 0.238. The fourth-order valence-electron chi connectivity index (χ4n) is 4.43. The van der Waals surface area contributed by atoms with Gasteiger partial charge in [0.25, 0.3) is 15.9 Å². The number of carbonyl (C=O) groups excluding carboxylic acids is 2. The van der Waals surface area contributed by atoms with Crippen LogP contribution in [0, 0.1) is 11.8 Å². The average molecular weight is 425 g/mol. The number of carbonyl (C=O) groups is 2. The highest BCUT2D eigenvalue weighted by atomic mass is 32.2. The summed E-state index contributed by atoms with van der Waals surface area (Å²) < 4.78 is 33.2. The van der Waals surface area contributed by atoms with Crippen LogP contribution in [-0.2, 0) is 19.6 Å². The number of sulfonamides is 1. The van der Waals surface area contributed by atoms with Gasteiger partial charge in [0.15, 0.2) is 0 Å². The molecular weight excluding hydrogens is 406 g/mol. The molecule has 154 valence electrons. The number of imide groups is 1. The zero-order valence-corrected chi connectivity index (χ0v) is 16.9. The van der Waals surface area contributed by atoms with Crippen LogP contribution in [0.4, 0.5) is 11.4 Å². The third-order valence-electron chi connectivity index (χ3n) is 5.84. The maximum Gasteiger partial charge on any atom is 0.262 e. The van der Waals surface area contributed by atoms with Crippen molar-refractivity contribution in [2.75, 3.05) is 23.3 Å². The van der Waals surface area contributed by atoms with Crippen LogP contribution >= 0.6 is 0 Å². The van der Waals surface area contributed by atoms with Crippen LogP contribution in [-0.4, -0.2) is 44.8 Å². The largest absolute Gasteiger partial charge is 0.495 e. The summed E-state index contributed by atoms with van der Waals surface area (Å²) in [5, 5.41) is 0. The molecule has 2 bridgehead atoms. The van der Waals surface area contributed by atoms with Gasteiger partial charge in [0.1, 0.15) is 11.8 Å². The van der Waals surface area contributed by atoms with Gasteiger partial charge in [-0.25, -0.2) is 13.3 Å². The quantitative estimate of drug-likeness (QED) is 0.734. The van der Waals surface area contributed by atoms with Gasteiger partial charge in [-0.1, -0.05) is 18.2 Å². The molecule has 2 aromatic carbocycles. The number of nitrogens with zero attached hydrogens (tertiary/aromatic N) is 2. The van der Waals surface area contributed by atoms with Crippen LogP contribution in [0.15, 0.2) is 65.7 Å². The molecule has 1 N–H and O–H groups in total. The Kier molecular flexibility index (Phi) is 4.11. The number of hydrogen-bond donors (Lipinski definition) is 1. The number of fused-ring (bicyclic) bond motifs is 5. The third-order valence-corrected chi connectivity index (χ3v) is 7.22. The Morgan fingerprint density at radius 1 is 1.03 bits per heavy atom. The van der Waals surface area contributed by atoms with E-state index in [1.807, 2.05) is 17.2 Å². The normalized spacial score (nSPS) is 24.5. The minimum Gasteiger partial charge on any atom is -0.495 e. The topological polar surface area (TPSA) is 96.0 Å². The van der Waals surface area contributed by atoms with Crippen molar-refractivity contribution in [3.63, 3.8) is 0 Å². The molecular formula is C21H19N3O5S. The van der Waals surface area contributed by atoms with Crippen LogP contribution in [0.3, 0.4) is 0 Å². The van der Waals surface area contributed by atoms with Crippen molar-refractivity contribution < 1.29 is 22.7 Å². The lowest BCUT2D eigenvalue weighted by molar-refractivity contribution is -0.123. The molecule has 3 unspecified atom stereocenters. The van der Waals surface area contributed by atoms with Gasteiger partial charge in [-0.05, 0) is 42.6 Å². The van der Waals surface area contributed by atoms with Crippen molar-refractivity contribution >= 4 is 33.2 Å². The number of methoxy groups -OCH3 is 1. The molecule has 0 spiro atoms. The highest BCUT2D eigenvalue weighted by molar-refractivity contribution is 7.92. The smallest absolute Gasteiger partial charge is 0.262 e. The Hall–Kier alpha value is -3.33. The second kappa shape index (κ2) is 6.60. The summed E-state index contributed by atoms with van der Waals surface area (Å²) in [6.45, 7) is 0.701. The predicted molar refractivity (Wildman–Crippen MR) is 109 cm³/mol. The van der Waals surface area contributed by atoms with E-state index in [0.717, 1.165) is 0 Å². The number of ether oxygens (including phenoxy) is 1. The molecule has 9 heteroatoms. The van der Waals surface area contributed by atoms with E-state index in [9.17, 15) is 18.0 Å². The summed E-state index contributed by atoms with van der Waals surface area (Å²) in [5.41, 5.74) is 0.690. The van der Waals surface area contributed by atoms with E-state index in [1.165, 1.54) is 36.3 Å². The molecule has 2 aromatic rings. The Morgan fingerprint density at radius 2 is 1.77 bits per heavy atom. The van der Waals surface area contributed by atoms with E-state index in [0.29, 0.717) is 23.7 Å². The molecule has 2 fully saturated rings. The van der Waals surface area contributed by atoms with E-state index in [1.54, 1.807) is 24.3 Å². The van der Waals surface area contributed by atoms with Crippen molar-refractivity contribution in [1.29, 1.82) is 0 Å². The average Bonchev–Trinajstić information content (AvgIpc) is 3.42. The molecule has 0 radical (unpaired) electrons. The Morgan fingerprint density at radius 3 is 2.47 bits per heavy atom. The molecule has 3 aliphatic rings. The number of hydrogen-bond acceptors (Lipinski definition) is 6. The lowest BCUT2D eigenvalue weighted by Gasteiger charge is -2.20. The Bertz CT molecular complexity index is 1150. The third kappa shape index (κ3) is 2.69. The first kappa shape index (κ1) is 18.7. The first-order chi connectivity index (χ1) is 14.4. The van der Waals surface area contributed by atoms with Gasteiger partial charge in [-0.2, -0.15) is 0 Å². The molecule has 5 rings (SSSR count). The standard InChI is InChI=1S/C21H19N3O5S/c1-29-17-5-3-2-4-16(17)22-30(27,28)15-8-6-14(7-9-15)24-20(25)18-13-10-11-23(12-13)19(18)21(24)26/h2-11,13,18-19,22H,12H2,1H3. The minimum absolute atomic E-state index is 0.0157. The monoisotopic (exact) mass is 425 g/mol. The summed E-state index contributed by atoms with van der Waals surface area (Å²) in [6.07, 6.45) is 3.84. The molecule has 0 saturated carbocycles. The summed E-state index contributed by atoms with van der Waals surface area (Å²) in [6, 6.07) is 12.0. The number of amides is 2. The fourth-order valence-corrected chi connectivity index (χ4v) is 5.50. The molecule has 0 aliphatic carbocycles. The minimum atomic E-state index is -3.87. The zero-order chi connectivity index (χ0) is 21.0. The second-order valence-electron chi connectivity index (χ2n) is 7.48. The molecule has 0 aromatic heterocycles. The number of para-hydroxylation sites is 2. The predicted octanol–water partition coefficient (Wildman–Crippen LogP) is 1.81. The number of benzene rings is 2. The summed E-state index contributed by atoms with van der Waals surface area (Å²) in [5.74, 6) is -0.404. The van der Waals surface area contributed by atoms with Gasteiger partial charge in [0.2, 0.25) is 5.91 Å². The summed E-state index contributed by atoms with van der Waals surface area (Å²) in [4.78, 5) is 28.8. The van der Waals surface area contributed by atoms with E-state index >= 15 is 0 Å². The lowest BCUT2D eigenvalue weighted by atomic mass is 9.91. The molecule has 3 atom stereocenters. The zero-order valence-electron chi connectivity index (χ0n) is 16.1. The molecule has 30 heavy (non-hydrogen) atoms. The highest BCUT2D eigenvalue weighted by Gasteiger charge is 2.59.